The van der Waals surface area contributed by atoms with Crippen molar-refractivity contribution in [1.29, 1.82) is 0 Å². The molecule has 4 rings (SSSR count). The van der Waals surface area contributed by atoms with E-state index < -0.39 is 0 Å². The number of hydrogen-bond donors (Lipinski definition) is 1. The van der Waals surface area contributed by atoms with Crippen molar-refractivity contribution in [2.75, 3.05) is 44.2 Å². The van der Waals surface area contributed by atoms with Crippen LogP contribution in [0.5, 0.6) is 0 Å². The number of nitrogens with one attached hydrogen (secondary N) is 1. The van der Waals surface area contributed by atoms with Crippen LogP contribution in [0.3, 0.4) is 0 Å². The molecule has 0 bridgehead atoms. The predicted octanol–water partition coefficient (Wildman–Crippen LogP) is 1.75. The summed E-state index contributed by atoms with van der Waals surface area (Å²) >= 11 is 0. The van der Waals surface area contributed by atoms with Crippen molar-refractivity contribution in [2.45, 2.75) is 26.3 Å². The van der Waals surface area contributed by atoms with Crippen LogP contribution in [0.4, 0.5) is 5.95 Å². The van der Waals surface area contributed by atoms with Crippen molar-refractivity contribution in [3.63, 3.8) is 0 Å². The van der Waals surface area contributed by atoms with Gasteiger partial charge < -0.3 is 19.7 Å². The second-order valence-corrected chi connectivity index (χ2v) is 7.87. The molecule has 0 saturated carbocycles. The molecule has 0 spiro atoms. The number of aromatic nitrogens is 3. The maximum Gasteiger partial charge on any atom is 0.263 e. The SMILES string of the molecule is Cc1ccn(CC2CCCNC2)c(=O)c1C(=O)N1CCN(c2ncccn2)CC1.Cl.Cl. The first-order valence-corrected chi connectivity index (χ1v) is 10.4. The van der Waals surface area contributed by atoms with Crippen molar-refractivity contribution in [3.8, 4) is 0 Å². The molecule has 31 heavy (non-hydrogen) atoms. The topological polar surface area (TPSA) is 83.4 Å². The number of hydrogen-bond acceptors (Lipinski definition) is 6. The van der Waals surface area contributed by atoms with E-state index in [2.05, 4.69) is 20.2 Å². The number of rotatable bonds is 4. The molecule has 2 aromatic heterocycles. The summed E-state index contributed by atoms with van der Waals surface area (Å²) in [6, 6.07) is 3.68. The monoisotopic (exact) mass is 468 g/mol. The van der Waals surface area contributed by atoms with E-state index in [-0.39, 0.29) is 36.3 Å². The number of nitrogens with zero attached hydrogens (tertiary/aromatic N) is 5. The molecule has 1 N–H and O–H groups in total. The molecule has 2 fully saturated rings. The number of halogens is 2. The molecule has 2 aliphatic rings. The first-order valence-electron chi connectivity index (χ1n) is 10.4. The summed E-state index contributed by atoms with van der Waals surface area (Å²) in [6.07, 6.45) is 7.51. The zero-order valence-electron chi connectivity index (χ0n) is 17.7. The second kappa shape index (κ2) is 11.5. The number of piperidine rings is 1. The quantitative estimate of drug-likeness (QED) is 0.735. The van der Waals surface area contributed by atoms with Gasteiger partial charge in [0.15, 0.2) is 0 Å². The lowest BCUT2D eigenvalue weighted by atomic mass is 9.99. The van der Waals surface area contributed by atoms with Crippen molar-refractivity contribution in [1.82, 2.24) is 24.8 Å². The average molecular weight is 469 g/mol. The van der Waals surface area contributed by atoms with Gasteiger partial charge in [0, 0.05) is 51.3 Å². The van der Waals surface area contributed by atoms with Crippen LogP contribution in [0.15, 0.2) is 35.5 Å². The molecule has 4 heterocycles. The maximum atomic E-state index is 13.2. The van der Waals surface area contributed by atoms with E-state index in [1.165, 1.54) is 0 Å². The lowest BCUT2D eigenvalue weighted by Gasteiger charge is -2.34. The third kappa shape index (κ3) is 5.75. The van der Waals surface area contributed by atoms with E-state index in [1.807, 2.05) is 19.2 Å². The number of carbonyl (C=O) groups excluding carboxylic acids is 1. The van der Waals surface area contributed by atoms with Crippen LogP contribution in [-0.4, -0.2) is 64.6 Å². The van der Waals surface area contributed by atoms with Crippen molar-refractivity contribution in [2.24, 2.45) is 5.92 Å². The molecule has 2 aromatic rings. The Morgan fingerprint density at radius 2 is 1.87 bits per heavy atom. The standard InChI is InChI=1S/C21H28N6O2.2ClH/c1-16-5-9-27(15-17-4-2-6-22-14-17)20(29)18(16)19(28)25-10-12-26(13-11-25)21-23-7-3-8-24-21;;/h3,5,7-9,17,22H,2,4,6,10-15H2,1H3;2*1H. The van der Waals surface area contributed by atoms with Gasteiger partial charge in [0.05, 0.1) is 0 Å². The Bertz CT molecular complexity index is 910. The minimum absolute atomic E-state index is 0. The average Bonchev–Trinajstić information content (AvgIpc) is 2.77. The fourth-order valence-electron chi connectivity index (χ4n) is 4.15. The number of amides is 1. The summed E-state index contributed by atoms with van der Waals surface area (Å²) in [6.45, 7) is 6.89. The molecular weight excluding hydrogens is 439 g/mol. The number of aryl methyl sites for hydroxylation is 1. The highest BCUT2D eigenvalue weighted by Gasteiger charge is 2.27. The highest BCUT2D eigenvalue weighted by Crippen LogP contribution is 2.15. The van der Waals surface area contributed by atoms with E-state index in [1.54, 1.807) is 27.9 Å². The lowest BCUT2D eigenvalue weighted by Crippen LogP contribution is -2.50. The van der Waals surface area contributed by atoms with Crippen molar-refractivity contribution < 1.29 is 4.79 Å². The highest BCUT2D eigenvalue weighted by atomic mass is 35.5. The second-order valence-electron chi connectivity index (χ2n) is 7.87. The Morgan fingerprint density at radius 3 is 2.52 bits per heavy atom. The van der Waals surface area contributed by atoms with E-state index in [0.717, 1.165) is 31.5 Å². The highest BCUT2D eigenvalue weighted by molar-refractivity contribution is 5.95. The van der Waals surface area contributed by atoms with Gasteiger partial charge in [0.25, 0.3) is 11.5 Å². The fourth-order valence-corrected chi connectivity index (χ4v) is 4.15. The summed E-state index contributed by atoms with van der Waals surface area (Å²) < 4.78 is 1.71. The zero-order chi connectivity index (χ0) is 20.2. The number of carbonyl (C=O) groups is 1. The third-order valence-electron chi connectivity index (χ3n) is 5.84. The summed E-state index contributed by atoms with van der Waals surface area (Å²) in [7, 11) is 0. The van der Waals surface area contributed by atoms with Gasteiger partial charge in [-0.3, -0.25) is 9.59 Å². The van der Waals surface area contributed by atoms with Crippen molar-refractivity contribution in [3.05, 3.63) is 52.2 Å². The van der Waals surface area contributed by atoms with Gasteiger partial charge in [0.2, 0.25) is 5.95 Å². The van der Waals surface area contributed by atoms with Gasteiger partial charge >= 0.3 is 0 Å². The predicted molar refractivity (Wildman–Crippen MR) is 126 cm³/mol. The normalized spacial score (nSPS) is 18.7. The van der Waals surface area contributed by atoms with Crippen LogP contribution in [0.2, 0.25) is 0 Å². The van der Waals surface area contributed by atoms with Crippen LogP contribution in [0, 0.1) is 12.8 Å². The summed E-state index contributed by atoms with van der Waals surface area (Å²) in [5.74, 6) is 0.942. The summed E-state index contributed by atoms with van der Waals surface area (Å²) in [5.41, 5.74) is 0.877. The number of anilines is 1. The fraction of sp³-hybridized carbons (Fsp3) is 0.524. The molecule has 1 atom stereocenters. The van der Waals surface area contributed by atoms with Gasteiger partial charge in [-0.1, -0.05) is 0 Å². The number of pyridine rings is 1. The molecule has 1 amide bonds. The van der Waals surface area contributed by atoms with E-state index >= 15 is 0 Å². The Hall–Kier alpha value is -2.16. The third-order valence-corrected chi connectivity index (χ3v) is 5.84. The Balaban J connectivity index is 0.00000171. The molecule has 10 heteroatoms. The minimum Gasteiger partial charge on any atom is -0.337 e. The summed E-state index contributed by atoms with van der Waals surface area (Å²) in [5, 5.41) is 3.39. The molecule has 0 aliphatic carbocycles. The zero-order valence-corrected chi connectivity index (χ0v) is 19.3. The molecule has 2 aliphatic heterocycles. The Morgan fingerprint density at radius 1 is 1.16 bits per heavy atom. The van der Waals surface area contributed by atoms with Gasteiger partial charge in [-0.15, -0.1) is 24.8 Å². The molecule has 0 radical (unpaired) electrons. The van der Waals surface area contributed by atoms with Crippen LogP contribution < -0.4 is 15.8 Å². The van der Waals surface area contributed by atoms with Crippen LogP contribution in [-0.2, 0) is 6.54 Å². The van der Waals surface area contributed by atoms with E-state index in [9.17, 15) is 9.59 Å². The molecule has 0 aromatic carbocycles. The minimum atomic E-state index is -0.172. The van der Waals surface area contributed by atoms with Crippen LogP contribution in [0.25, 0.3) is 0 Å². The van der Waals surface area contributed by atoms with Gasteiger partial charge in [-0.05, 0) is 56.5 Å². The molecule has 170 valence electrons. The number of piperazine rings is 1. The smallest absolute Gasteiger partial charge is 0.263 e. The largest absolute Gasteiger partial charge is 0.337 e. The Kier molecular flexibility index (Phi) is 9.28. The Labute approximate surface area is 194 Å². The molecular formula is C21H30Cl2N6O2. The lowest BCUT2D eigenvalue weighted by molar-refractivity contribution is 0.0742. The van der Waals surface area contributed by atoms with Gasteiger partial charge in [0.1, 0.15) is 5.56 Å². The van der Waals surface area contributed by atoms with Gasteiger partial charge in [-0.25, -0.2) is 9.97 Å². The van der Waals surface area contributed by atoms with Crippen molar-refractivity contribution >= 4 is 36.7 Å². The molecule has 1 unspecified atom stereocenters. The maximum absolute atomic E-state index is 13.2. The van der Waals surface area contributed by atoms with Crippen LogP contribution in [0.1, 0.15) is 28.8 Å². The molecule has 8 nitrogen and oxygen atoms in total. The van der Waals surface area contributed by atoms with Crippen LogP contribution >= 0.6 is 24.8 Å². The summed E-state index contributed by atoms with van der Waals surface area (Å²) in [4.78, 5) is 38.7. The molecule has 2 saturated heterocycles. The first kappa shape index (κ1) is 25.1. The van der Waals surface area contributed by atoms with E-state index in [0.29, 0.717) is 50.2 Å². The van der Waals surface area contributed by atoms with Gasteiger partial charge in [-0.2, -0.15) is 0 Å². The first-order chi connectivity index (χ1) is 14.1. The van der Waals surface area contributed by atoms with E-state index in [4.69, 9.17) is 0 Å².